The summed E-state index contributed by atoms with van der Waals surface area (Å²) < 4.78 is 0. The number of thioether (sulfide) groups is 1. The third-order valence-corrected chi connectivity index (χ3v) is 3.44. The molecule has 0 aliphatic carbocycles. The number of benzene rings is 1. The van der Waals surface area contributed by atoms with Crippen molar-refractivity contribution >= 4 is 11.8 Å². The smallest absolute Gasteiger partial charge is 0.0991 e. The molecule has 0 fully saturated rings. The number of unbranched alkanes of at least 4 members (excludes halogenated alkanes) is 1. The van der Waals surface area contributed by atoms with Crippen LogP contribution in [0.15, 0.2) is 18.2 Å². The Morgan fingerprint density at radius 2 is 2.18 bits per heavy atom. The van der Waals surface area contributed by atoms with Gasteiger partial charge in [-0.05, 0) is 61.6 Å². The maximum absolute atomic E-state index is 8.78. The molecule has 0 aliphatic heterocycles. The van der Waals surface area contributed by atoms with Crippen molar-refractivity contribution in [1.29, 1.82) is 5.26 Å². The van der Waals surface area contributed by atoms with Gasteiger partial charge in [0.25, 0.3) is 0 Å². The molecule has 2 nitrogen and oxygen atoms in total. The van der Waals surface area contributed by atoms with Gasteiger partial charge in [0.05, 0.1) is 11.6 Å². The van der Waals surface area contributed by atoms with Crippen molar-refractivity contribution in [2.75, 3.05) is 18.6 Å². The van der Waals surface area contributed by atoms with Gasteiger partial charge < -0.3 is 5.32 Å². The predicted octanol–water partition coefficient (Wildman–Crippen LogP) is 3.10. The summed E-state index contributed by atoms with van der Waals surface area (Å²) in [7, 11) is 0. The summed E-state index contributed by atoms with van der Waals surface area (Å²) in [5, 5.41) is 12.2. The normalized spacial score (nSPS) is 10.2. The number of rotatable bonds is 7. The predicted molar refractivity (Wildman–Crippen MR) is 75.2 cm³/mol. The van der Waals surface area contributed by atoms with Crippen LogP contribution in [0.4, 0.5) is 0 Å². The number of nitrogens with zero attached hydrogens (tertiary/aromatic N) is 1. The molecule has 0 atom stereocenters. The molecule has 0 saturated carbocycles. The van der Waals surface area contributed by atoms with E-state index >= 15 is 0 Å². The zero-order valence-electron chi connectivity index (χ0n) is 10.6. The zero-order chi connectivity index (χ0) is 12.5. The number of hydrogen-bond donors (Lipinski definition) is 1. The highest BCUT2D eigenvalue weighted by molar-refractivity contribution is 7.98. The summed E-state index contributed by atoms with van der Waals surface area (Å²) >= 11 is 1.90. The molecular formula is C14H20N2S. The molecule has 0 aromatic heterocycles. The number of nitriles is 1. The van der Waals surface area contributed by atoms with Crippen LogP contribution in [0.3, 0.4) is 0 Å². The van der Waals surface area contributed by atoms with Gasteiger partial charge in [0.2, 0.25) is 0 Å². The fraction of sp³-hybridized carbons (Fsp3) is 0.500. The molecule has 0 radical (unpaired) electrons. The highest BCUT2D eigenvalue weighted by Crippen LogP contribution is 2.10. The van der Waals surface area contributed by atoms with E-state index in [0.29, 0.717) is 0 Å². The van der Waals surface area contributed by atoms with E-state index in [0.717, 1.165) is 18.7 Å². The number of hydrogen-bond acceptors (Lipinski definition) is 3. The standard InChI is InChI=1S/C14H20N2S/c1-12-9-13(10-15)5-6-14(12)11-16-7-3-4-8-17-2/h5-6,9,16H,3-4,7-8,11H2,1-2H3. The summed E-state index contributed by atoms with van der Waals surface area (Å²) in [5.41, 5.74) is 3.22. The minimum absolute atomic E-state index is 0.742. The van der Waals surface area contributed by atoms with Crippen LogP contribution in [-0.4, -0.2) is 18.6 Å². The summed E-state index contributed by atoms with van der Waals surface area (Å²) in [4.78, 5) is 0. The lowest BCUT2D eigenvalue weighted by Crippen LogP contribution is -2.15. The maximum atomic E-state index is 8.78. The Kier molecular flexibility index (Phi) is 6.76. The molecular weight excluding hydrogens is 228 g/mol. The highest BCUT2D eigenvalue weighted by Gasteiger charge is 1.99. The maximum Gasteiger partial charge on any atom is 0.0991 e. The van der Waals surface area contributed by atoms with Crippen molar-refractivity contribution in [3.05, 3.63) is 34.9 Å². The second-order valence-corrected chi connectivity index (χ2v) is 5.12. The fourth-order valence-corrected chi connectivity index (χ4v) is 2.18. The van der Waals surface area contributed by atoms with E-state index in [1.54, 1.807) is 0 Å². The van der Waals surface area contributed by atoms with Crippen molar-refractivity contribution < 1.29 is 0 Å². The van der Waals surface area contributed by atoms with Gasteiger partial charge in [-0.2, -0.15) is 17.0 Å². The average molecular weight is 248 g/mol. The van der Waals surface area contributed by atoms with E-state index in [2.05, 4.69) is 24.6 Å². The summed E-state index contributed by atoms with van der Waals surface area (Å²) in [6.07, 6.45) is 4.66. The van der Waals surface area contributed by atoms with Crippen LogP contribution < -0.4 is 5.32 Å². The van der Waals surface area contributed by atoms with Crippen LogP contribution in [0.5, 0.6) is 0 Å². The molecule has 1 N–H and O–H groups in total. The van der Waals surface area contributed by atoms with Gasteiger partial charge in [0.1, 0.15) is 0 Å². The first-order valence-corrected chi connectivity index (χ1v) is 7.36. The quantitative estimate of drug-likeness (QED) is 0.753. The topological polar surface area (TPSA) is 35.8 Å². The van der Waals surface area contributed by atoms with E-state index in [1.165, 1.54) is 29.7 Å². The lowest BCUT2D eigenvalue weighted by atomic mass is 10.1. The Bertz CT molecular complexity index is 382. The Balaban J connectivity index is 2.30. The van der Waals surface area contributed by atoms with Gasteiger partial charge >= 0.3 is 0 Å². The molecule has 1 aromatic carbocycles. The van der Waals surface area contributed by atoms with Gasteiger partial charge in [-0.1, -0.05) is 6.07 Å². The van der Waals surface area contributed by atoms with Crippen molar-refractivity contribution in [3.8, 4) is 6.07 Å². The second-order valence-electron chi connectivity index (χ2n) is 4.13. The summed E-state index contributed by atoms with van der Waals surface area (Å²) in [6, 6.07) is 8.04. The Morgan fingerprint density at radius 1 is 1.35 bits per heavy atom. The molecule has 0 amide bonds. The van der Waals surface area contributed by atoms with Gasteiger partial charge in [-0.15, -0.1) is 0 Å². The van der Waals surface area contributed by atoms with Crippen LogP contribution in [0.25, 0.3) is 0 Å². The monoisotopic (exact) mass is 248 g/mol. The van der Waals surface area contributed by atoms with Gasteiger partial charge in [0.15, 0.2) is 0 Å². The van der Waals surface area contributed by atoms with Crippen LogP contribution in [0.1, 0.15) is 29.5 Å². The third kappa shape index (κ3) is 5.25. The molecule has 0 spiro atoms. The van der Waals surface area contributed by atoms with E-state index in [9.17, 15) is 0 Å². The van der Waals surface area contributed by atoms with Crippen LogP contribution in [0.2, 0.25) is 0 Å². The highest BCUT2D eigenvalue weighted by atomic mass is 32.2. The Morgan fingerprint density at radius 3 is 2.82 bits per heavy atom. The average Bonchev–Trinajstić information content (AvgIpc) is 2.35. The molecule has 92 valence electrons. The number of nitrogens with one attached hydrogen (secondary N) is 1. The summed E-state index contributed by atoms with van der Waals surface area (Å²) in [6.45, 7) is 4.03. The molecule has 3 heteroatoms. The second kappa shape index (κ2) is 8.16. The van der Waals surface area contributed by atoms with Crippen LogP contribution >= 0.6 is 11.8 Å². The largest absolute Gasteiger partial charge is 0.313 e. The van der Waals surface area contributed by atoms with Gasteiger partial charge in [0, 0.05) is 6.54 Å². The lowest BCUT2D eigenvalue weighted by molar-refractivity contribution is 0.642. The molecule has 0 heterocycles. The molecule has 0 aliphatic rings. The van der Waals surface area contributed by atoms with Gasteiger partial charge in [-0.3, -0.25) is 0 Å². The van der Waals surface area contributed by atoms with Crippen LogP contribution in [-0.2, 0) is 6.54 Å². The van der Waals surface area contributed by atoms with Crippen LogP contribution in [0, 0.1) is 18.3 Å². The molecule has 1 rings (SSSR count). The SMILES string of the molecule is CSCCCCNCc1ccc(C#N)cc1C. The lowest BCUT2D eigenvalue weighted by Gasteiger charge is -2.07. The first-order valence-electron chi connectivity index (χ1n) is 5.97. The van der Waals surface area contributed by atoms with Gasteiger partial charge in [-0.25, -0.2) is 0 Å². The number of aryl methyl sites for hydroxylation is 1. The molecule has 1 aromatic rings. The van der Waals surface area contributed by atoms with Crippen molar-refractivity contribution in [2.24, 2.45) is 0 Å². The Labute approximate surface area is 108 Å². The molecule has 17 heavy (non-hydrogen) atoms. The van der Waals surface area contributed by atoms with Crippen molar-refractivity contribution in [3.63, 3.8) is 0 Å². The molecule has 0 saturated heterocycles. The fourth-order valence-electron chi connectivity index (χ4n) is 1.68. The van der Waals surface area contributed by atoms with E-state index in [4.69, 9.17) is 5.26 Å². The van der Waals surface area contributed by atoms with E-state index < -0.39 is 0 Å². The first kappa shape index (κ1) is 14.1. The summed E-state index contributed by atoms with van der Waals surface area (Å²) in [5.74, 6) is 1.25. The van der Waals surface area contributed by atoms with E-state index in [-0.39, 0.29) is 0 Å². The molecule has 0 unspecified atom stereocenters. The minimum Gasteiger partial charge on any atom is -0.313 e. The first-order chi connectivity index (χ1) is 8.27. The van der Waals surface area contributed by atoms with E-state index in [1.807, 2.05) is 30.0 Å². The Hall–Kier alpha value is -0.980. The van der Waals surface area contributed by atoms with Crippen molar-refractivity contribution in [1.82, 2.24) is 5.32 Å². The minimum atomic E-state index is 0.742. The zero-order valence-corrected chi connectivity index (χ0v) is 11.4. The third-order valence-electron chi connectivity index (χ3n) is 2.74. The molecule has 0 bridgehead atoms. The van der Waals surface area contributed by atoms with Crippen molar-refractivity contribution in [2.45, 2.75) is 26.3 Å².